The van der Waals surface area contributed by atoms with Crippen molar-refractivity contribution >= 4 is 22.9 Å². The molecule has 3 rings (SSSR count). The van der Waals surface area contributed by atoms with E-state index in [-0.39, 0.29) is 5.56 Å². The smallest absolute Gasteiger partial charge is 0.267 e. The van der Waals surface area contributed by atoms with Gasteiger partial charge in [0.15, 0.2) is 0 Å². The Balaban J connectivity index is 1.50. The maximum atomic E-state index is 14.0. The molecule has 0 aliphatic carbocycles. The summed E-state index contributed by atoms with van der Waals surface area (Å²) < 4.78 is 14.0. The van der Waals surface area contributed by atoms with E-state index in [1.165, 1.54) is 28.6 Å². The molecule has 0 bridgehead atoms. The normalized spacial score (nSPS) is 11.3. The SMILES string of the molecule is O=C(/C=C/c1ccc(CNCCc2ccc3[nH]ccc3c2)cc1F)NO. The number of benzene rings is 2. The number of nitrogens with one attached hydrogen (secondary N) is 3. The Kier molecular flexibility index (Phi) is 5.78. The van der Waals surface area contributed by atoms with E-state index < -0.39 is 11.7 Å². The summed E-state index contributed by atoms with van der Waals surface area (Å²) in [5, 5.41) is 12.9. The second-order valence-electron chi connectivity index (χ2n) is 5.99. The molecule has 1 amide bonds. The van der Waals surface area contributed by atoms with Crippen LogP contribution in [-0.2, 0) is 17.8 Å². The highest BCUT2D eigenvalue weighted by Crippen LogP contribution is 2.15. The van der Waals surface area contributed by atoms with Crippen LogP contribution in [0.1, 0.15) is 16.7 Å². The first-order chi connectivity index (χ1) is 12.7. The molecule has 0 radical (unpaired) electrons. The molecular weight excluding hydrogens is 333 g/mol. The Bertz CT molecular complexity index is 934. The van der Waals surface area contributed by atoms with Crippen molar-refractivity contribution < 1.29 is 14.4 Å². The summed E-state index contributed by atoms with van der Waals surface area (Å²) in [5.41, 5.74) is 4.95. The van der Waals surface area contributed by atoms with Crippen molar-refractivity contribution in [2.24, 2.45) is 0 Å². The van der Waals surface area contributed by atoms with Crippen LogP contribution in [0, 0.1) is 5.82 Å². The molecule has 5 nitrogen and oxygen atoms in total. The Morgan fingerprint density at radius 3 is 2.81 bits per heavy atom. The Morgan fingerprint density at radius 1 is 1.15 bits per heavy atom. The number of carbonyl (C=O) groups is 1. The summed E-state index contributed by atoms with van der Waals surface area (Å²) >= 11 is 0. The summed E-state index contributed by atoms with van der Waals surface area (Å²) in [7, 11) is 0. The molecule has 0 saturated heterocycles. The fourth-order valence-corrected chi connectivity index (χ4v) is 2.74. The molecular formula is C20H20FN3O2. The van der Waals surface area contributed by atoms with Gasteiger partial charge in [-0.15, -0.1) is 0 Å². The van der Waals surface area contributed by atoms with Gasteiger partial charge in [0.05, 0.1) is 0 Å². The van der Waals surface area contributed by atoms with Crippen LogP contribution < -0.4 is 10.8 Å². The van der Waals surface area contributed by atoms with Crippen molar-refractivity contribution in [1.82, 2.24) is 15.8 Å². The number of rotatable bonds is 7. The van der Waals surface area contributed by atoms with Gasteiger partial charge in [-0.05, 0) is 59.8 Å². The minimum atomic E-state index is -0.701. The lowest BCUT2D eigenvalue weighted by molar-refractivity contribution is -0.124. The molecule has 1 heterocycles. The minimum Gasteiger partial charge on any atom is -0.361 e. The van der Waals surface area contributed by atoms with Crippen molar-refractivity contribution in [3.63, 3.8) is 0 Å². The zero-order chi connectivity index (χ0) is 18.4. The lowest BCUT2D eigenvalue weighted by atomic mass is 10.1. The van der Waals surface area contributed by atoms with Gasteiger partial charge in [0.2, 0.25) is 0 Å². The number of amides is 1. The molecule has 0 unspecified atom stereocenters. The molecule has 0 aliphatic rings. The largest absolute Gasteiger partial charge is 0.361 e. The van der Waals surface area contributed by atoms with Crippen LogP contribution >= 0.6 is 0 Å². The number of halogens is 1. The summed E-state index contributed by atoms with van der Waals surface area (Å²) in [6.07, 6.45) is 5.20. The van der Waals surface area contributed by atoms with E-state index in [2.05, 4.69) is 34.6 Å². The van der Waals surface area contributed by atoms with Gasteiger partial charge in [-0.1, -0.05) is 18.2 Å². The van der Waals surface area contributed by atoms with E-state index in [4.69, 9.17) is 5.21 Å². The minimum absolute atomic E-state index is 0.289. The van der Waals surface area contributed by atoms with E-state index in [0.717, 1.165) is 30.1 Å². The van der Waals surface area contributed by atoms with Crippen LogP contribution in [0.4, 0.5) is 4.39 Å². The van der Waals surface area contributed by atoms with Crippen molar-refractivity contribution in [2.45, 2.75) is 13.0 Å². The molecule has 2 aromatic carbocycles. The zero-order valence-corrected chi connectivity index (χ0v) is 14.1. The van der Waals surface area contributed by atoms with E-state index >= 15 is 0 Å². The first kappa shape index (κ1) is 17.8. The number of hydrogen-bond donors (Lipinski definition) is 4. The first-order valence-electron chi connectivity index (χ1n) is 8.33. The van der Waals surface area contributed by atoms with Crippen LogP contribution in [0.25, 0.3) is 17.0 Å². The number of aromatic nitrogens is 1. The van der Waals surface area contributed by atoms with Gasteiger partial charge in [-0.2, -0.15) is 0 Å². The van der Waals surface area contributed by atoms with E-state index in [1.54, 1.807) is 12.1 Å². The summed E-state index contributed by atoms with van der Waals surface area (Å²) in [6, 6.07) is 13.2. The van der Waals surface area contributed by atoms with Crippen molar-refractivity contribution in [3.8, 4) is 0 Å². The summed E-state index contributed by atoms with van der Waals surface area (Å²) in [5.74, 6) is -1.11. The highest BCUT2D eigenvalue weighted by atomic mass is 19.1. The van der Waals surface area contributed by atoms with Crippen LogP contribution in [-0.4, -0.2) is 22.6 Å². The number of hydroxylamine groups is 1. The number of fused-ring (bicyclic) bond motifs is 1. The average molecular weight is 353 g/mol. The van der Waals surface area contributed by atoms with Crippen LogP contribution in [0.15, 0.2) is 54.7 Å². The molecule has 26 heavy (non-hydrogen) atoms. The van der Waals surface area contributed by atoms with Gasteiger partial charge < -0.3 is 10.3 Å². The highest BCUT2D eigenvalue weighted by Gasteiger charge is 2.03. The van der Waals surface area contributed by atoms with E-state index in [9.17, 15) is 9.18 Å². The second kappa shape index (κ2) is 8.42. The molecule has 0 fully saturated rings. The van der Waals surface area contributed by atoms with Crippen molar-refractivity contribution in [1.29, 1.82) is 0 Å². The van der Waals surface area contributed by atoms with Crippen molar-refractivity contribution in [2.75, 3.05) is 6.54 Å². The molecule has 1 aromatic heterocycles. The number of hydrogen-bond acceptors (Lipinski definition) is 3. The fraction of sp³-hybridized carbons (Fsp3) is 0.150. The molecule has 0 spiro atoms. The average Bonchev–Trinajstić information content (AvgIpc) is 3.12. The third-order valence-electron chi connectivity index (χ3n) is 4.13. The Hall–Kier alpha value is -2.96. The third-order valence-corrected chi connectivity index (χ3v) is 4.13. The number of carbonyl (C=O) groups excluding carboxylic acids is 1. The molecule has 0 aliphatic heterocycles. The fourth-order valence-electron chi connectivity index (χ4n) is 2.74. The number of H-pyrrole nitrogens is 1. The van der Waals surface area contributed by atoms with Gasteiger partial charge in [-0.3, -0.25) is 10.0 Å². The molecule has 134 valence electrons. The van der Waals surface area contributed by atoms with Gasteiger partial charge in [0.1, 0.15) is 5.82 Å². The highest BCUT2D eigenvalue weighted by molar-refractivity contribution is 5.90. The maximum absolute atomic E-state index is 14.0. The summed E-state index contributed by atoms with van der Waals surface area (Å²) in [4.78, 5) is 14.1. The van der Waals surface area contributed by atoms with Gasteiger partial charge in [0.25, 0.3) is 5.91 Å². The standard InChI is InChI=1S/C20H20FN3O2/c21-18-12-15(1-3-16(18)4-6-20(25)24-26)13-22-9-7-14-2-5-19-17(11-14)8-10-23-19/h1-6,8,10-12,22-23,26H,7,9,13H2,(H,24,25)/b6-4+. The molecule has 3 aromatic rings. The first-order valence-corrected chi connectivity index (χ1v) is 8.33. The quantitative estimate of drug-likeness (QED) is 0.228. The van der Waals surface area contributed by atoms with Crippen LogP contribution in [0.5, 0.6) is 0 Å². The van der Waals surface area contributed by atoms with Gasteiger partial charge in [0, 0.05) is 29.9 Å². The van der Waals surface area contributed by atoms with Crippen molar-refractivity contribution in [3.05, 3.63) is 77.2 Å². The number of aromatic amines is 1. The Labute approximate surface area is 150 Å². The zero-order valence-electron chi connectivity index (χ0n) is 14.1. The van der Waals surface area contributed by atoms with Crippen LogP contribution in [0.3, 0.4) is 0 Å². The lowest BCUT2D eigenvalue weighted by Crippen LogP contribution is -2.16. The monoisotopic (exact) mass is 353 g/mol. The summed E-state index contributed by atoms with van der Waals surface area (Å²) in [6.45, 7) is 1.35. The van der Waals surface area contributed by atoms with E-state index in [1.807, 2.05) is 6.20 Å². The predicted molar refractivity (Wildman–Crippen MR) is 99.1 cm³/mol. The second-order valence-corrected chi connectivity index (χ2v) is 5.99. The van der Waals surface area contributed by atoms with E-state index in [0.29, 0.717) is 6.54 Å². The lowest BCUT2D eigenvalue weighted by Gasteiger charge is -2.07. The maximum Gasteiger partial charge on any atom is 0.267 e. The predicted octanol–water partition coefficient (Wildman–Crippen LogP) is 3.16. The van der Waals surface area contributed by atoms with Gasteiger partial charge in [-0.25, -0.2) is 9.87 Å². The third kappa shape index (κ3) is 4.56. The Morgan fingerprint density at radius 2 is 2.00 bits per heavy atom. The molecule has 6 heteroatoms. The molecule has 0 saturated carbocycles. The molecule has 4 N–H and O–H groups in total. The molecule has 0 atom stereocenters. The topological polar surface area (TPSA) is 77.2 Å². The van der Waals surface area contributed by atoms with Crippen LogP contribution in [0.2, 0.25) is 0 Å². The van der Waals surface area contributed by atoms with Gasteiger partial charge >= 0.3 is 0 Å².